The Balaban J connectivity index is 2.05. The average molecular weight is 246 g/mol. The molecule has 1 aliphatic rings. The summed E-state index contributed by atoms with van der Waals surface area (Å²) in [6.07, 6.45) is 5.65. The van der Waals surface area contributed by atoms with Crippen molar-refractivity contribution in [3.8, 4) is 0 Å². The fourth-order valence-electron chi connectivity index (χ4n) is 1.95. The van der Waals surface area contributed by atoms with E-state index in [0.717, 1.165) is 29.4 Å². The van der Waals surface area contributed by atoms with Crippen molar-refractivity contribution >= 4 is 15.9 Å². The molecule has 1 saturated carbocycles. The molecule has 13 heavy (non-hydrogen) atoms. The van der Waals surface area contributed by atoms with Gasteiger partial charge in [0.2, 0.25) is 0 Å². The van der Waals surface area contributed by atoms with Gasteiger partial charge in [-0.1, -0.05) is 42.3 Å². The van der Waals surface area contributed by atoms with Crippen LogP contribution in [0.1, 0.15) is 32.6 Å². The van der Waals surface area contributed by atoms with Crippen molar-refractivity contribution in [2.24, 2.45) is 11.8 Å². The summed E-state index contributed by atoms with van der Waals surface area (Å²) in [5.41, 5.74) is 0. The molecule has 0 aromatic carbocycles. The highest BCUT2D eigenvalue weighted by molar-refractivity contribution is 9.11. The smallest absolute Gasteiger partial charge is 0.0265 e. The average Bonchev–Trinajstić information content (AvgIpc) is 2.08. The summed E-state index contributed by atoms with van der Waals surface area (Å²) in [5, 5.41) is 3.42. The Bertz CT molecular complexity index is 159. The minimum atomic E-state index is 0.906. The van der Waals surface area contributed by atoms with Gasteiger partial charge in [0.25, 0.3) is 0 Å². The molecule has 0 atom stereocenters. The van der Waals surface area contributed by atoms with Crippen molar-refractivity contribution in [1.82, 2.24) is 5.32 Å². The fraction of sp³-hybridized carbons (Fsp3) is 0.818. The summed E-state index contributed by atoms with van der Waals surface area (Å²) in [4.78, 5) is 0. The van der Waals surface area contributed by atoms with E-state index in [2.05, 4.69) is 34.7 Å². The van der Waals surface area contributed by atoms with Gasteiger partial charge < -0.3 is 5.32 Å². The first-order valence-electron chi connectivity index (χ1n) is 5.22. The largest absolute Gasteiger partial charge is 0.312 e. The maximum atomic E-state index is 3.80. The molecule has 0 radical (unpaired) electrons. The van der Waals surface area contributed by atoms with Gasteiger partial charge in [0.15, 0.2) is 0 Å². The van der Waals surface area contributed by atoms with Crippen LogP contribution in [-0.2, 0) is 0 Å². The third-order valence-corrected chi connectivity index (χ3v) is 3.17. The predicted octanol–water partition coefficient (Wildman–Crippen LogP) is 3.31. The van der Waals surface area contributed by atoms with E-state index in [1.807, 2.05) is 0 Å². The Morgan fingerprint density at radius 2 is 2.00 bits per heavy atom. The predicted molar refractivity (Wildman–Crippen MR) is 62.1 cm³/mol. The Labute approximate surface area is 90.1 Å². The molecule has 0 aliphatic heterocycles. The molecule has 1 fully saturated rings. The molecular weight excluding hydrogens is 226 g/mol. The third-order valence-electron chi connectivity index (χ3n) is 2.89. The Hall–Kier alpha value is 0.180. The van der Waals surface area contributed by atoms with Crippen molar-refractivity contribution in [1.29, 1.82) is 0 Å². The molecule has 0 bridgehead atoms. The summed E-state index contributed by atoms with van der Waals surface area (Å²) < 4.78 is 1.05. The van der Waals surface area contributed by atoms with Gasteiger partial charge >= 0.3 is 0 Å². The maximum Gasteiger partial charge on any atom is 0.0265 e. The minimum Gasteiger partial charge on any atom is -0.312 e. The quantitative estimate of drug-likeness (QED) is 0.802. The first kappa shape index (κ1) is 11.3. The molecular formula is C11H20BrN. The molecule has 1 nitrogen and oxygen atoms in total. The maximum absolute atomic E-state index is 3.80. The van der Waals surface area contributed by atoms with E-state index in [4.69, 9.17) is 0 Å². The van der Waals surface area contributed by atoms with Gasteiger partial charge in [0.05, 0.1) is 0 Å². The number of rotatable bonds is 4. The molecule has 0 spiro atoms. The summed E-state index contributed by atoms with van der Waals surface area (Å²) in [6, 6.07) is 0. The summed E-state index contributed by atoms with van der Waals surface area (Å²) in [5.74, 6) is 1.87. The second-order valence-corrected chi connectivity index (χ2v) is 5.40. The van der Waals surface area contributed by atoms with E-state index in [1.165, 1.54) is 25.7 Å². The van der Waals surface area contributed by atoms with Gasteiger partial charge in [0, 0.05) is 11.0 Å². The number of hydrogen-bond acceptors (Lipinski definition) is 1. The van der Waals surface area contributed by atoms with Crippen LogP contribution in [-0.4, -0.2) is 13.1 Å². The normalized spacial score (nSPS) is 28.8. The van der Waals surface area contributed by atoms with Crippen molar-refractivity contribution < 1.29 is 0 Å². The van der Waals surface area contributed by atoms with E-state index in [1.54, 1.807) is 0 Å². The SMILES string of the molecule is C=C(Br)CNCC1CCC(C)CC1. The van der Waals surface area contributed by atoms with Crippen LogP contribution >= 0.6 is 15.9 Å². The lowest BCUT2D eigenvalue weighted by Gasteiger charge is -2.26. The first-order chi connectivity index (χ1) is 6.18. The molecule has 1 N–H and O–H groups in total. The molecule has 1 aliphatic carbocycles. The van der Waals surface area contributed by atoms with Crippen LogP contribution in [0.15, 0.2) is 11.1 Å². The summed E-state index contributed by atoms with van der Waals surface area (Å²) in [6.45, 7) is 8.24. The standard InChI is InChI=1S/C11H20BrN/c1-9-3-5-11(6-4-9)8-13-7-10(2)12/h9,11,13H,2-8H2,1H3. The van der Waals surface area contributed by atoms with Gasteiger partial charge in [-0.05, 0) is 31.2 Å². The second-order valence-electron chi connectivity index (χ2n) is 4.27. The highest BCUT2D eigenvalue weighted by atomic mass is 79.9. The van der Waals surface area contributed by atoms with Crippen LogP contribution in [0.5, 0.6) is 0 Å². The molecule has 0 heterocycles. The minimum absolute atomic E-state index is 0.906. The summed E-state index contributed by atoms with van der Waals surface area (Å²) >= 11 is 3.35. The molecule has 2 heteroatoms. The van der Waals surface area contributed by atoms with Crippen molar-refractivity contribution in [2.45, 2.75) is 32.6 Å². The number of nitrogens with one attached hydrogen (secondary N) is 1. The highest BCUT2D eigenvalue weighted by Crippen LogP contribution is 2.27. The topological polar surface area (TPSA) is 12.0 Å². The van der Waals surface area contributed by atoms with Gasteiger partial charge in [-0.2, -0.15) is 0 Å². The van der Waals surface area contributed by atoms with Crippen molar-refractivity contribution in [2.75, 3.05) is 13.1 Å². The lowest BCUT2D eigenvalue weighted by atomic mass is 9.83. The van der Waals surface area contributed by atoms with Crippen LogP contribution < -0.4 is 5.32 Å². The molecule has 0 saturated heterocycles. The second kappa shape index (κ2) is 5.82. The summed E-state index contributed by atoms with van der Waals surface area (Å²) in [7, 11) is 0. The van der Waals surface area contributed by atoms with Crippen LogP contribution in [0.25, 0.3) is 0 Å². The van der Waals surface area contributed by atoms with E-state index in [-0.39, 0.29) is 0 Å². The monoisotopic (exact) mass is 245 g/mol. The molecule has 1 rings (SSSR count). The Morgan fingerprint density at radius 1 is 1.38 bits per heavy atom. The lowest BCUT2D eigenvalue weighted by molar-refractivity contribution is 0.284. The van der Waals surface area contributed by atoms with Crippen molar-refractivity contribution in [3.63, 3.8) is 0 Å². The molecule has 0 aromatic heterocycles. The Morgan fingerprint density at radius 3 is 2.54 bits per heavy atom. The van der Waals surface area contributed by atoms with Crippen molar-refractivity contribution in [3.05, 3.63) is 11.1 Å². The van der Waals surface area contributed by atoms with Gasteiger partial charge in [-0.25, -0.2) is 0 Å². The Kier molecular flexibility index (Phi) is 5.04. The molecule has 0 unspecified atom stereocenters. The van der Waals surface area contributed by atoms with Crippen LogP contribution in [0.2, 0.25) is 0 Å². The number of halogens is 1. The molecule has 0 aromatic rings. The lowest BCUT2D eigenvalue weighted by Crippen LogP contribution is -2.26. The van der Waals surface area contributed by atoms with Crippen LogP contribution in [0, 0.1) is 11.8 Å². The van der Waals surface area contributed by atoms with Gasteiger partial charge in [-0.3, -0.25) is 0 Å². The molecule has 0 amide bonds. The number of hydrogen-bond donors (Lipinski definition) is 1. The third kappa shape index (κ3) is 4.82. The van der Waals surface area contributed by atoms with Gasteiger partial charge in [0.1, 0.15) is 0 Å². The van der Waals surface area contributed by atoms with E-state index < -0.39 is 0 Å². The molecule has 76 valence electrons. The van der Waals surface area contributed by atoms with Crippen LogP contribution in [0.3, 0.4) is 0 Å². The van der Waals surface area contributed by atoms with E-state index in [0.29, 0.717) is 0 Å². The van der Waals surface area contributed by atoms with E-state index >= 15 is 0 Å². The van der Waals surface area contributed by atoms with E-state index in [9.17, 15) is 0 Å². The zero-order chi connectivity index (χ0) is 9.68. The van der Waals surface area contributed by atoms with Crippen LogP contribution in [0.4, 0.5) is 0 Å². The zero-order valence-corrected chi connectivity index (χ0v) is 10.1. The van der Waals surface area contributed by atoms with Gasteiger partial charge in [-0.15, -0.1) is 0 Å². The fourth-order valence-corrected chi connectivity index (χ4v) is 2.14. The first-order valence-corrected chi connectivity index (χ1v) is 6.01. The highest BCUT2D eigenvalue weighted by Gasteiger charge is 2.17. The zero-order valence-electron chi connectivity index (χ0n) is 8.48.